The molecule has 0 atom stereocenters. The zero-order valence-electron chi connectivity index (χ0n) is 9.77. The van der Waals surface area contributed by atoms with Crippen molar-refractivity contribution in [2.24, 2.45) is 0 Å². The number of aryl methyl sites for hydroxylation is 1. The third-order valence-corrected chi connectivity index (χ3v) is 2.57. The number of nitriles is 1. The van der Waals surface area contributed by atoms with Crippen molar-refractivity contribution in [3.05, 3.63) is 47.7 Å². The molecule has 0 amide bonds. The number of nitrogens with zero attached hydrogens (tertiary/aromatic N) is 2. The van der Waals surface area contributed by atoms with E-state index in [1.54, 1.807) is 13.2 Å². The largest absolute Gasteiger partial charge is 0.481 e. The molecule has 0 radical (unpaired) electrons. The summed E-state index contributed by atoms with van der Waals surface area (Å²) in [5, 5.41) is 8.87. The van der Waals surface area contributed by atoms with Crippen LogP contribution in [0.2, 0.25) is 0 Å². The molecule has 0 aliphatic rings. The maximum absolute atomic E-state index is 8.87. The van der Waals surface area contributed by atoms with Gasteiger partial charge in [-0.25, -0.2) is 4.98 Å². The third kappa shape index (κ3) is 2.26. The van der Waals surface area contributed by atoms with Crippen LogP contribution in [0, 0.1) is 18.3 Å². The summed E-state index contributed by atoms with van der Waals surface area (Å²) < 4.78 is 5.07. The lowest BCUT2D eigenvalue weighted by Gasteiger charge is -2.07. The predicted molar refractivity (Wildman–Crippen MR) is 65.7 cm³/mol. The molecule has 2 rings (SSSR count). The molecule has 1 aromatic heterocycles. The fourth-order valence-corrected chi connectivity index (χ4v) is 1.71. The quantitative estimate of drug-likeness (QED) is 0.787. The van der Waals surface area contributed by atoms with Gasteiger partial charge in [0.25, 0.3) is 0 Å². The van der Waals surface area contributed by atoms with E-state index in [4.69, 9.17) is 10.00 Å². The van der Waals surface area contributed by atoms with Gasteiger partial charge in [-0.15, -0.1) is 0 Å². The van der Waals surface area contributed by atoms with Crippen molar-refractivity contribution in [3.63, 3.8) is 0 Å². The van der Waals surface area contributed by atoms with Gasteiger partial charge in [0, 0.05) is 17.3 Å². The number of methoxy groups -OCH3 is 1. The highest BCUT2D eigenvalue weighted by Gasteiger charge is 2.05. The Balaban J connectivity index is 2.49. The number of benzene rings is 1. The fourth-order valence-electron chi connectivity index (χ4n) is 1.71. The maximum Gasteiger partial charge on any atom is 0.213 e. The molecular weight excluding hydrogens is 212 g/mol. The van der Waals surface area contributed by atoms with Gasteiger partial charge in [0.15, 0.2) is 0 Å². The van der Waals surface area contributed by atoms with Gasteiger partial charge in [-0.2, -0.15) is 5.26 Å². The molecule has 1 aromatic carbocycles. The highest BCUT2D eigenvalue weighted by molar-refractivity contribution is 5.67. The first-order chi connectivity index (χ1) is 8.24. The Kier molecular flexibility index (Phi) is 3.06. The summed E-state index contributed by atoms with van der Waals surface area (Å²) in [4.78, 5) is 4.32. The van der Waals surface area contributed by atoms with Crippen LogP contribution in [0.1, 0.15) is 11.3 Å². The second-order valence-corrected chi connectivity index (χ2v) is 3.68. The van der Waals surface area contributed by atoms with Crippen LogP contribution in [0.4, 0.5) is 0 Å². The van der Waals surface area contributed by atoms with Crippen LogP contribution in [0.5, 0.6) is 5.88 Å². The molecule has 0 N–H and O–H groups in total. The average molecular weight is 224 g/mol. The summed E-state index contributed by atoms with van der Waals surface area (Å²) >= 11 is 0. The molecule has 2 aromatic rings. The van der Waals surface area contributed by atoms with Gasteiger partial charge in [-0.3, -0.25) is 0 Å². The van der Waals surface area contributed by atoms with E-state index in [9.17, 15) is 0 Å². The Hall–Kier alpha value is -2.34. The van der Waals surface area contributed by atoms with Crippen LogP contribution in [0.15, 0.2) is 36.4 Å². The Labute approximate surface area is 100 Å². The van der Waals surface area contributed by atoms with Gasteiger partial charge in [-0.05, 0) is 30.7 Å². The SMILES string of the molecule is COc1ccc(-c2cccc(C#N)c2)c(C)n1. The summed E-state index contributed by atoms with van der Waals surface area (Å²) in [5.41, 5.74) is 3.55. The van der Waals surface area contributed by atoms with Crippen LogP contribution in [-0.4, -0.2) is 12.1 Å². The number of ether oxygens (including phenoxy) is 1. The van der Waals surface area contributed by atoms with E-state index in [1.807, 2.05) is 37.3 Å². The minimum absolute atomic E-state index is 0.600. The molecule has 17 heavy (non-hydrogen) atoms. The van der Waals surface area contributed by atoms with Gasteiger partial charge in [-0.1, -0.05) is 12.1 Å². The van der Waals surface area contributed by atoms with Crippen LogP contribution in [0.3, 0.4) is 0 Å². The van der Waals surface area contributed by atoms with Gasteiger partial charge in [0.1, 0.15) is 0 Å². The normalized spacial score (nSPS) is 9.71. The fraction of sp³-hybridized carbons (Fsp3) is 0.143. The predicted octanol–water partition coefficient (Wildman–Crippen LogP) is 2.94. The smallest absolute Gasteiger partial charge is 0.213 e. The van der Waals surface area contributed by atoms with Crippen molar-refractivity contribution in [2.75, 3.05) is 7.11 Å². The Morgan fingerprint density at radius 3 is 2.71 bits per heavy atom. The zero-order valence-corrected chi connectivity index (χ0v) is 9.77. The first-order valence-electron chi connectivity index (χ1n) is 5.27. The second-order valence-electron chi connectivity index (χ2n) is 3.68. The molecule has 0 aliphatic carbocycles. The summed E-state index contributed by atoms with van der Waals surface area (Å²) in [7, 11) is 1.59. The molecule has 3 heteroatoms. The van der Waals surface area contributed by atoms with Crippen molar-refractivity contribution < 1.29 is 4.74 Å². The molecular formula is C14H12N2O. The number of hydrogen-bond acceptors (Lipinski definition) is 3. The minimum atomic E-state index is 0.600. The average Bonchev–Trinajstić information content (AvgIpc) is 2.38. The first-order valence-corrected chi connectivity index (χ1v) is 5.27. The summed E-state index contributed by atoms with van der Waals surface area (Å²) in [6, 6.07) is 13.4. The number of hydrogen-bond donors (Lipinski definition) is 0. The molecule has 0 aliphatic heterocycles. The van der Waals surface area contributed by atoms with E-state index in [0.29, 0.717) is 11.4 Å². The molecule has 0 spiro atoms. The topological polar surface area (TPSA) is 45.9 Å². The maximum atomic E-state index is 8.87. The van der Waals surface area contributed by atoms with Crippen LogP contribution in [0.25, 0.3) is 11.1 Å². The van der Waals surface area contributed by atoms with E-state index < -0.39 is 0 Å². The first kappa shape index (κ1) is 11.2. The summed E-state index contributed by atoms with van der Waals surface area (Å²) in [6.45, 7) is 1.93. The highest BCUT2D eigenvalue weighted by atomic mass is 16.5. The van der Waals surface area contributed by atoms with E-state index in [0.717, 1.165) is 16.8 Å². The Morgan fingerprint density at radius 2 is 2.06 bits per heavy atom. The molecule has 0 unspecified atom stereocenters. The molecule has 1 heterocycles. The lowest BCUT2D eigenvalue weighted by molar-refractivity contribution is 0.397. The van der Waals surface area contributed by atoms with Gasteiger partial charge < -0.3 is 4.74 Å². The van der Waals surface area contributed by atoms with E-state index in [1.165, 1.54) is 0 Å². The van der Waals surface area contributed by atoms with Gasteiger partial charge in [0.05, 0.1) is 18.7 Å². The van der Waals surface area contributed by atoms with Gasteiger partial charge in [0.2, 0.25) is 5.88 Å². The Bertz CT molecular complexity index is 585. The molecule has 84 valence electrons. The van der Waals surface area contributed by atoms with Crippen molar-refractivity contribution in [2.45, 2.75) is 6.92 Å². The van der Waals surface area contributed by atoms with Crippen molar-refractivity contribution in [1.29, 1.82) is 5.26 Å². The van der Waals surface area contributed by atoms with Crippen LogP contribution >= 0.6 is 0 Å². The van der Waals surface area contributed by atoms with E-state index in [2.05, 4.69) is 11.1 Å². The van der Waals surface area contributed by atoms with Crippen LogP contribution in [-0.2, 0) is 0 Å². The third-order valence-electron chi connectivity index (χ3n) is 2.57. The molecule has 0 saturated heterocycles. The molecule has 0 saturated carbocycles. The lowest BCUT2D eigenvalue weighted by Crippen LogP contribution is -1.92. The van der Waals surface area contributed by atoms with Crippen molar-refractivity contribution >= 4 is 0 Å². The minimum Gasteiger partial charge on any atom is -0.481 e. The van der Waals surface area contributed by atoms with Crippen molar-refractivity contribution in [1.82, 2.24) is 4.98 Å². The van der Waals surface area contributed by atoms with Crippen LogP contribution < -0.4 is 4.74 Å². The number of rotatable bonds is 2. The van der Waals surface area contributed by atoms with Crippen molar-refractivity contribution in [3.8, 4) is 23.1 Å². The molecule has 0 bridgehead atoms. The lowest BCUT2D eigenvalue weighted by atomic mass is 10.0. The zero-order chi connectivity index (χ0) is 12.3. The standard InChI is InChI=1S/C14H12N2O/c1-10-13(6-7-14(16-10)17-2)12-5-3-4-11(8-12)9-15/h3-8H,1-2H3. The second kappa shape index (κ2) is 4.67. The summed E-state index contributed by atoms with van der Waals surface area (Å²) in [5.74, 6) is 0.600. The Morgan fingerprint density at radius 1 is 1.24 bits per heavy atom. The summed E-state index contributed by atoms with van der Waals surface area (Å²) in [6.07, 6.45) is 0. The number of pyridine rings is 1. The monoisotopic (exact) mass is 224 g/mol. The van der Waals surface area contributed by atoms with E-state index >= 15 is 0 Å². The highest BCUT2D eigenvalue weighted by Crippen LogP contribution is 2.24. The molecule has 0 fully saturated rings. The molecule has 3 nitrogen and oxygen atoms in total. The van der Waals surface area contributed by atoms with Gasteiger partial charge >= 0.3 is 0 Å². The van der Waals surface area contributed by atoms with E-state index in [-0.39, 0.29) is 0 Å². The number of aromatic nitrogens is 1.